The maximum absolute atomic E-state index is 12.8. The van der Waals surface area contributed by atoms with Gasteiger partial charge in [-0.25, -0.2) is 17.6 Å². The molecule has 0 aliphatic rings. The van der Waals surface area contributed by atoms with Crippen LogP contribution in [0, 0.1) is 5.82 Å². The van der Waals surface area contributed by atoms with Crippen molar-refractivity contribution < 1.29 is 31.9 Å². The van der Waals surface area contributed by atoms with E-state index < -0.39 is 40.2 Å². The molecule has 0 saturated carbocycles. The highest BCUT2D eigenvalue weighted by Gasteiger charge is 2.18. The lowest BCUT2D eigenvalue weighted by atomic mass is 10.3. The number of hydrogen-bond donors (Lipinski definition) is 1. The molecule has 1 atom stereocenters. The fourth-order valence-corrected chi connectivity index (χ4v) is 2.69. The molecular formula is C18H18FNO6S. The predicted octanol–water partition coefficient (Wildman–Crippen LogP) is 2.18. The van der Waals surface area contributed by atoms with Crippen LogP contribution in [0.3, 0.4) is 0 Å². The molecule has 27 heavy (non-hydrogen) atoms. The van der Waals surface area contributed by atoms with E-state index in [0.717, 1.165) is 6.26 Å². The van der Waals surface area contributed by atoms with Crippen LogP contribution in [0.2, 0.25) is 0 Å². The molecule has 7 nitrogen and oxygen atoms in total. The lowest BCUT2D eigenvalue weighted by Crippen LogP contribution is -2.29. The van der Waals surface area contributed by atoms with Crippen molar-refractivity contribution in [3.05, 3.63) is 54.3 Å². The zero-order chi connectivity index (χ0) is 20.0. The van der Waals surface area contributed by atoms with Gasteiger partial charge in [0.25, 0.3) is 5.91 Å². The Hall–Kier alpha value is -2.94. The highest BCUT2D eigenvalue weighted by molar-refractivity contribution is 7.90. The number of halogens is 1. The summed E-state index contributed by atoms with van der Waals surface area (Å²) in [7, 11) is -3.41. The van der Waals surface area contributed by atoms with Gasteiger partial charge in [0.15, 0.2) is 22.5 Å². The number of ether oxygens (including phenoxy) is 2. The second-order valence-corrected chi connectivity index (χ2v) is 7.69. The van der Waals surface area contributed by atoms with E-state index >= 15 is 0 Å². The van der Waals surface area contributed by atoms with Crippen LogP contribution in [-0.2, 0) is 24.2 Å². The van der Waals surface area contributed by atoms with Gasteiger partial charge >= 0.3 is 5.97 Å². The third-order valence-corrected chi connectivity index (χ3v) is 4.46. The number of benzene rings is 2. The lowest BCUT2D eigenvalue weighted by Gasteiger charge is -2.14. The largest absolute Gasteiger partial charge is 0.479 e. The van der Waals surface area contributed by atoms with Crippen molar-refractivity contribution in [3.8, 4) is 5.75 Å². The Morgan fingerprint density at radius 3 is 2.44 bits per heavy atom. The molecule has 2 aromatic rings. The second-order valence-electron chi connectivity index (χ2n) is 5.67. The van der Waals surface area contributed by atoms with E-state index in [1.54, 1.807) is 0 Å². The van der Waals surface area contributed by atoms with Crippen LogP contribution >= 0.6 is 0 Å². The molecule has 0 unspecified atom stereocenters. The van der Waals surface area contributed by atoms with Gasteiger partial charge in [0.1, 0.15) is 11.6 Å². The first-order valence-electron chi connectivity index (χ1n) is 7.84. The van der Waals surface area contributed by atoms with Crippen molar-refractivity contribution in [2.45, 2.75) is 17.9 Å². The number of amides is 1. The summed E-state index contributed by atoms with van der Waals surface area (Å²) in [4.78, 5) is 23.8. The summed E-state index contributed by atoms with van der Waals surface area (Å²) in [6, 6.07) is 10.8. The molecular weight excluding hydrogens is 377 g/mol. The topological polar surface area (TPSA) is 98.8 Å². The summed E-state index contributed by atoms with van der Waals surface area (Å²) in [5.41, 5.74) is 0.259. The highest BCUT2D eigenvalue weighted by atomic mass is 32.2. The summed E-state index contributed by atoms with van der Waals surface area (Å²) >= 11 is 0. The Balaban J connectivity index is 1.85. The number of nitrogens with one attached hydrogen (secondary N) is 1. The summed E-state index contributed by atoms with van der Waals surface area (Å²) < 4.78 is 46.0. The van der Waals surface area contributed by atoms with E-state index in [2.05, 4.69) is 5.32 Å². The van der Waals surface area contributed by atoms with Gasteiger partial charge in [-0.2, -0.15) is 0 Å². The fourth-order valence-electron chi connectivity index (χ4n) is 2.02. The summed E-state index contributed by atoms with van der Waals surface area (Å²) in [6.07, 6.45) is 0.0509. The lowest BCUT2D eigenvalue weighted by molar-refractivity contribution is -0.153. The van der Waals surface area contributed by atoms with Gasteiger partial charge in [0.2, 0.25) is 0 Å². The number of rotatable bonds is 7. The van der Waals surface area contributed by atoms with E-state index in [9.17, 15) is 22.4 Å². The van der Waals surface area contributed by atoms with Crippen LogP contribution in [0.15, 0.2) is 53.4 Å². The monoisotopic (exact) mass is 395 g/mol. The van der Waals surface area contributed by atoms with Crippen LogP contribution in [0.25, 0.3) is 0 Å². The maximum Gasteiger partial charge on any atom is 0.347 e. The number of carbonyl (C=O) groups excluding carboxylic acids is 2. The first-order chi connectivity index (χ1) is 12.6. The number of sulfone groups is 1. The first kappa shape index (κ1) is 20.4. The van der Waals surface area contributed by atoms with Crippen molar-refractivity contribution in [2.24, 2.45) is 0 Å². The number of anilines is 1. The first-order valence-corrected chi connectivity index (χ1v) is 9.73. The van der Waals surface area contributed by atoms with Crippen molar-refractivity contribution in [1.82, 2.24) is 0 Å². The Morgan fingerprint density at radius 1 is 1.15 bits per heavy atom. The Labute approximate surface area is 156 Å². The fraction of sp³-hybridized carbons (Fsp3) is 0.222. The third-order valence-electron chi connectivity index (χ3n) is 3.35. The molecule has 9 heteroatoms. The minimum atomic E-state index is -3.41. The van der Waals surface area contributed by atoms with Gasteiger partial charge in [0, 0.05) is 11.9 Å². The molecule has 2 rings (SSSR count). The van der Waals surface area contributed by atoms with E-state index in [0.29, 0.717) is 0 Å². The number of hydrogen-bond acceptors (Lipinski definition) is 6. The van der Waals surface area contributed by atoms with Crippen molar-refractivity contribution in [2.75, 3.05) is 18.2 Å². The number of esters is 1. The van der Waals surface area contributed by atoms with Gasteiger partial charge in [0.05, 0.1) is 4.90 Å². The van der Waals surface area contributed by atoms with Gasteiger partial charge in [-0.1, -0.05) is 6.07 Å². The van der Waals surface area contributed by atoms with Crippen molar-refractivity contribution in [1.29, 1.82) is 0 Å². The van der Waals surface area contributed by atoms with Crippen molar-refractivity contribution >= 4 is 27.4 Å². The predicted molar refractivity (Wildman–Crippen MR) is 95.6 cm³/mol. The van der Waals surface area contributed by atoms with Gasteiger partial charge in [-0.05, 0) is 49.4 Å². The van der Waals surface area contributed by atoms with Gasteiger partial charge in [-0.3, -0.25) is 4.79 Å². The van der Waals surface area contributed by atoms with Crippen LogP contribution in [-0.4, -0.2) is 39.3 Å². The number of carbonyl (C=O) groups is 2. The maximum atomic E-state index is 12.8. The molecule has 0 saturated heterocycles. The average Bonchev–Trinajstić information content (AvgIpc) is 2.61. The molecule has 0 aliphatic carbocycles. The Kier molecular flexibility index (Phi) is 6.51. The Bertz CT molecular complexity index is 927. The van der Waals surface area contributed by atoms with Gasteiger partial charge < -0.3 is 14.8 Å². The smallest absolute Gasteiger partial charge is 0.347 e. The average molecular weight is 395 g/mol. The summed E-state index contributed by atoms with van der Waals surface area (Å²) in [6.45, 7) is 0.859. The van der Waals surface area contributed by atoms with E-state index in [4.69, 9.17) is 9.47 Å². The molecule has 0 fully saturated rings. The normalized spacial score (nSPS) is 12.1. The van der Waals surface area contributed by atoms with E-state index in [1.807, 2.05) is 0 Å². The molecule has 0 aromatic heterocycles. The molecule has 0 bridgehead atoms. The van der Waals surface area contributed by atoms with Crippen LogP contribution in [0.5, 0.6) is 5.75 Å². The molecule has 2 aromatic carbocycles. The zero-order valence-corrected chi connectivity index (χ0v) is 15.5. The summed E-state index contributed by atoms with van der Waals surface area (Å²) in [5.74, 6) is -1.57. The molecule has 0 radical (unpaired) electrons. The third kappa shape index (κ3) is 6.37. The molecule has 1 N–H and O–H groups in total. The highest BCUT2D eigenvalue weighted by Crippen LogP contribution is 2.16. The minimum Gasteiger partial charge on any atom is -0.479 e. The van der Waals surface area contributed by atoms with E-state index in [-0.39, 0.29) is 16.3 Å². The van der Waals surface area contributed by atoms with E-state index in [1.165, 1.54) is 55.5 Å². The molecule has 144 valence electrons. The van der Waals surface area contributed by atoms with Gasteiger partial charge in [-0.15, -0.1) is 0 Å². The SMILES string of the molecule is C[C@@H](Oc1ccc(F)cc1)C(=O)OCC(=O)Nc1cccc(S(C)(=O)=O)c1. The van der Waals surface area contributed by atoms with Crippen LogP contribution in [0.4, 0.5) is 10.1 Å². The molecule has 0 aliphatic heterocycles. The molecule has 1 amide bonds. The quantitative estimate of drug-likeness (QED) is 0.722. The second kappa shape index (κ2) is 8.63. The minimum absolute atomic E-state index is 0.0543. The molecule has 0 heterocycles. The zero-order valence-electron chi connectivity index (χ0n) is 14.6. The Morgan fingerprint density at radius 2 is 1.81 bits per heavy atom. The summed E-state index contributed by atoms with van der Waals surface area (Å²) in [5, 5.41) is 2.44. The van der Waals surface area contributed by atoms with Crippen molar-refractivity contribution in [3.63, 3.8) is 0 Å². The standard InChI is InChI=1S/C18H18FNO6S/c1-12(26-15-8-6-13(19)7-9-15)18(22)25-11-17(21)20-14-4-3-5-16(10-14)27(2,23)24/h3-10,12H,11H2,1-2H3,(H,20,21)/t12-/m1/s1. The van der Waals surface area contributed by atoms with Crippen LogP contribution in [0.1, 0.15) is 6.92 Å². The van der Waals surface area contributed by atoms with Crippen LogP contribution < -0.4 is 10.1 Å². The molecule has 0 spiro atoms.